The SMILES string of the molecule is CN(CCO)c1n[nH]c2ccc3nc(C4=CCC(O)C=C4)c4c(c3c12)CCCC4. The Hall–Kier alpha value is -2.70. The van der Waals surface area contributed by atoms with E-state index in [1.807, 2.05) is 30.2 Å². The van der Waals surface area contributed by atoms with Gasteiger partial charge in [0.15, 0.2) is 5.82 Å². The van der Waals surface area contributed by atoms with Crippen molar-refractivity contribution in [2.45, 2.75) is 38.2 Å². The van der Waals surface area contributed by atoms with Gasteiger partial charge < -0.3 is 15.1 Å². The highest BCUT2D eigenvalue weighted by Crippen LogP contribution is 2.39. The summed E-state index contributed by atoms with van der Waals surface area (Å²) in [5.74, 6) is 0.863. The number of hydrogen-bond acceptors (Lipinski definition) is 5. The Balaban J connectivity index is 1.79. The number of H-pyrrole nitrogens is 1. The lowest BCUT2D eigenvalue weighted by Gasteiger charge is -2.24. The van der Waals surface area contributed by atoms with Crippen molar-refractivity contribution in [1.82, 2.24) is 15.2 Å². The highest BCUT2D eigenvalue weighted by atomic mass is 16.3. The third kappa shape index (κ3) is 3.03. The van der Waals surface area contributed by atoms with Crippen LogP contribution in [0.5, 0.6) is 0 Å². The standard InChI is InChI=1S/C23H26N4O2/c1-27(12-13-28)23-21-19(25-26-23)11-10-18-20(21)16-4-2-3-5-17(16)22(24-18)14-6-8-15(29)9-7-14/h6-8,10-11,15,28-29H,2-5,9,12-13H2,1H3,(H,25,26). The molecule has 0 bridgehead atoms. The van der Waals surface area contributed by atoms with Gasteiger partial charge in [-0.1, -0.05) is 18.2 Å². The molecule has 0 spiro atoms. The van der Waals surface area contributed by atoms with Crippen LogP contribution in [-0.2, 0) is 12.8 Å². The minimum atomic E-state index is -0.398. The summed E-state index contributed by atoms with van der Waals surface area (Å²) in [6.07, 6.45) is 10.6. The van der Waals surface area contributed by atoms with Gasteiger partial charge in [0.2, 0.25) is 0 Å². The first-order chi connectivity index (χ1) is 14.2. The molecular weight excluding hydrogens is 364 g/mol. The molecule has 0 fully saturated rings. The van der Waals surface area contributed by atoms with Crippen molar-refractivity contribution in [2.75, 3.05) is 25.1 Å². The number of nitrogens with zero attached hydrogens (tertiary/aromatic N) is 3. The molecule has 1 atom stereocenters. The molecule has 6 nitrogen and oxygen atoms in total. The summed E-state index contributed by atoms with van der Waals surface area (Å²) in [6.45, 7) is 0.618. The van der Waals surface area contributed by atoms with Crippen LogP contribution in [-0.4, -0.2) is 51.7 Å². The number of aryl methyl sites for hydroxylation is 1. The average molecular weight is 390 g/mol. The molecule has 0 amide bonds. The second-order valence-electron chi connectivity index (χ2n) is 8.02. The van der Waals surface area contributed by atoms with Crippen LogP contribution in [0.2, 0.25) is 0 Å². The maximum absolute atomic E-state index is 9.82. The first kappa shape index (κ1) is 18.3. The molecule has 5 rings (SSSR count). The van der Waals surface area contributed by atoms with E-state index < -0.39 is 6.10 Å². The fourth-order valence-corrected chi connectivity index (χ4v) is 4.67. The normalized spacial score (nSPS) is 18.9. The van der Waals surface area contributed by atoms with Crippen LogP contribution in [0.4, 0.5) is 5.82 Å². The zero-order chi connectivity index (χ0) is 20.0. The number of aliphatic hydroxyl groups is 2. The van der Waals surface area contributed by atoms with Crippen molar-refractivity contribution < 1.29 is 10.2 Å². The van der Waals surface area contributed by atoms with E-state index in [1.165, 1.54) is 29.4 Å². The van der Waals surface area contributed by atoms with Crippen LogP contribution in [0.25, 0.3) is 27.4 Å². The van der Waals surface area contributed by atoms with Gasteiger partial charge in [-0.2, -0.15) is 5.10 Å². The summed E-state index contributed by atoms with van der Waals surface area (Å²) in [6, 6.07) is 4.12. The second kappa shape index (κ2) is 7.28. The Morgan fingerprint density at radius 2 is 2.00 bits per heavy atom. The van der Waals surface area contributed by atoms with Crippen LogP contribution in [0, 0.1) is 0 Å². The topological polar surface area (TPSA) is 85.3 Å². The third-order valence-electron chi connectivity index (χ3n) is 6.12. The van der Waals surface area contributed by atoms with Crippen LogP contribution in [0.3, 0.4) is 0 Å². The molecule has 2 aromatic heterocycles. The van der Waals surface area contributed by atoms with Gasteiger partial charge >= 0.3 is 0 Å². The van der Waals surface area contributed by atoms with Gasteiger partial charge in [0.1, 0.15) is 0 Å². The Kier molecular flexibility index (Phi) is 4.60. The maximum Gasteiger partial charge on any atom is 0.158 e. The number of fused-ring (bicyclic) bond motifs is 5. The predicted octanol–water partition coefficient (Wildman–Crippen LogP) is 3.12. The zero-order valence-electron chi connectivity index (χ0n) is 16.6. The number of aliphatic hydroxyl groups excluding tert-OH is 2. The Morgan fingerprint density at radius 3 is 2.76 bits per heavy atom. The molecule has 1 aromatic carbocycles. The molecule has 0 aliphatic heterocycles. The van der Waals surface area contributed by atoms with Gasteiger partial charge in [0, 0.05) is 19.0 Å². The number of nitrogens with one attached hydrogen (secondary N) is 1. The average Bonchev–Trinajstić information content (AvgIpc) is 3.18. The lowest BCUT2D eigenvalue weighted by Crippen LogP contribution is -2.21. The van der Waals surface area contributed by atoms with Gasteiger partial charge in [0.05, 0.1) is 34.8 Å². The number of aromatic nitrogens is 3. The number of rotatable bonds is 4. The molecule has 0 saturated carbocycles. The lowest BCUT2D eigenvalue weighted by molar-refractivity contribution is 0.226. The third-order valence-corrected chi connectivity index (χ3v) is 6.12. The summed E-state index contributed by atoms with van der Waals surface area (Å²) in [5, 5.41) is 29.2. The minimum Gasteiger partial charge on any atom is -0.395 e. The van der Waals surface area contributed by atoms with E-state index in [2.05, 4.69) is 22.3 Å². The zero-order valence-corrected chi connectivity index (χ0v) is 16.6. The number of allylic oxidation sites excluding steroid dienone is 2. The molecule has 3 aromatic rings. The number of likely N-dealkylation sites (N-methyl/N-ethyl adjacent to an activating group) is 1. The molecular formula is C23H26N4O2. The molecule has 2 aliphatic rings. The Bertz CT molecular complexity index is 1140. The van der Waals surface area contributed by atoms with E-state index in [-0.39, 0.29) is 6.61 Å². The monoisotopic (exact) mass is 390 g/mol. The van der Waals surface area contributed by atoms with E-state index in [0.29, 0.717) is 13.0 Å². The summed E-state index contributed by atoms with van der Waals surface area (Å²) in [4.78, 5) is 7.10. The predicted molar refractivity (Wildman–Crippen MR) is 116 cm³/mol. The highest BCUT2D eigenvalue weighted by Gasteiger charge is 2.24. The summed E-state index contributed by atoms with van der Waals surface area (Å²) in [7, 11) is 1.96. The van der Waals surface area contributed by atoms with E-state index >= 15 is 0 Å². The second-order valence-corrected chi connectivity index (χ2v) is 8.02. The van der Waals surface area contributed by atoms with E-state index in [4.69, 9.17) is 4.98 Å². The highest BCUT2D eigenvalue weighted by molar-refractivity contribution is 6.13. The summed E-state index contributed by atoms with van der Waals surface area (Å²) < 4.78 is 0. The lowest BCUT2D eigenvalue weighted by atomic mass is 9.84. The molecule has 0 radical (unpaired) electrons. The Labute approximate surface area is 169 Å². The first-order valence-electron chi connectivity index (χ1n) is 10.4. The van der Waals surface area contributed by atoms with Gasteiger partial charge in [-0.05, 0) is 60.9 Å². The van der Waals surface area contributed by atoms with Crippen molar-refractivity contribution in [3.05, 3.63) is 47.2 Å². The molecule has 1 unspecified atom stereocenters. The van der Waals surface area contributed by atoms with E-state index in [0.717, 1.165) is 46.3 Å². The van der Waals surface area contributed by atoms with Gasteiger partial charge in [-0.25, -0.2) is 4.98 Å². The number of anilines is 1. The van der Waals surface area contributed by atoms with Crippen molar-refractivity contribution in [3.8, 4) is 0 Å². The number of pyridine rings is 1. The minimum absolute atomic E-state index is 0.0858. The molecule has 2 heterocycles. The number of aromatic amines is 1. The first-order valence-corrected chi connectivity index (χ1v) is 10.4. The van der Waals surface area contributed by atoms with Crippen LogP contribution >= 0.6 is 0 Å². The van der Waals surface area contributed by atoms with Gasteiger partial charge in [-0.15, -0.1) is 0 Å². The van der Waals surface area contributed by atoms with Crippen LogP contribution < -0.4 is 4.90 Å². The van der Waals surface area contributed by atoms with Gasteiger partial charge in [-0.3, -0.25) is 5.10 Å². The van der Waals surface area contributed by atoms with Crippen molar-refractivity contribution in [2.24, 2.45) is 0 Å². The number of benzene rings is 1. The quantitative estimate of drug-likeness (QED) is 0.637. The van der Waals surface area contributed by atoms with Crippen LogP contribution in [0.15, 0.2) is 30.4 Å². The maximum atomic E-state index is 9.82. The molecule has 2 aliphatic carbocycles. The molecule has 6 heteroatoms. The van der Waals surface area contributed by atoms with Crippen molar-refractivity contribution >= 4 is 33.2 Å². The molecule has 29 heavy (non-hydrogen) atoms. The molecule has 150 valence electrons. The number of hydrogen-bond donors (Lipinski definition) is 3. The van der Waals surface area contributed by atoms with Crippen LogP contribution in [0.1, 0.15) is 36.1 Å². The fourth-order valence-electron chi connectivity index (χ4n) is 4.67. The molecule has 3 N–H and O–H groups in total. The fraction of sp³-hybridized carbons (Fsp3) is 0.391. The smallest absolute Gasteiger partial charge is 0.158 e. The Morgan fingerprint density at radius 1 is 1.17 bits per heavy atom. The largest absolute Gasteiger partial charge is 0.395 e. The van der Waals surface area contributed by atoms with E-state index in [1.54, 1.807) is 0 Å². The van der Waals surface area contributed by atoms with Crippen molar-refractivity contribution in [3.63, 3.8) is 0 Å². The van der Waals surface area contributed by atoms with E-state index in [9.17, 15) is 10.2 Å². The van der Waals surface area contributed by atoms with Gasteiger partial charge in [0.25, 0.3) is 0 Å². The summed E-state index contributed by atoms with van der Waals surface area (Å²) in [5.41, 5.74) is 6.86. The summed E-state index contributed by atoms with van der Waals surface area (Å²) >= 11 is 0. The molecule has 0 saturated heterocycles. The van der Waals surface area contributed by atoms with Crippen molar-refractivity contribution in [1.29, 1.82) is 0 Å².